The molecule has 1 aliphatic heterocycles. The topological polar surface area (TPSA) is 83.2 Å². The maximum atomic E-state index is 5.50. The van der Waals surface area contributed by atoms with E-state index >= 15 is 0 Å². The number of hydrogen-bond donors (Lipinski definition) is 2. The molecule has 0 radical (unpaired) electrons. The molecule has 1 aliphatic rings. The number of aromatic nitrogens is 3. The van der Waals surface area contributed by atoms with Crippen LogP contribution in [0.15, 0.2) is 0 Å². The van der Waals surface area contributed by atoms with E-state index in [-0.39, 0.29) is 5.41 Å². The zero-order valence-corrected chi connectivity index (χ0v) is 13.6. The first-order chi connectivity index (χ1) is 9.89. The fourth-order valence-electron chi connectivity index (χ4n) is 2.61. The fraction of sp³-hybridized carbons (Fsp3) is 0.786. The van der Waals surface area contributed by atoms with Crippen molar-refractivity contribution in [2.75, 3.05) is 41.9 Å². The highest BCUT2D eigenvalue weighted by atomic mass is 15.4. The lowest BCUT2D eigenvalue weighted by Crippen LogP contribution is -2.34. The first-order valence-electron chi connectivity index (χ1n) is 7.58. The Balaban J connectivity index is 2.24. The van der Waals surface area contributed by atoms with E-state index in [2.05, 4.69) is 50.9 Å². The second-order valence-corrected chi connectivity index (χ2v) is 6.87. The Labute approximate surface area is 126 Å². The molecule has 1 aromatic heterocycles. The summed E-state index contributed by atoms with van der Waals surface area (Å²) in [6, 6.07) is 0. The predicted octanol–water partition coefficient (Wildman–Crippen LogP) is 1.63. The van der Waals surface area contributed by atoms with E-state index in [0.717, 1.165) is 19.6 Å². The van der Waals surface area contributed by atoms with Crippen molar-refractivity contribution in [2.45, 2.75) is 40.0 Å². The van der Waals surface area contributed by atoms with Crippen LogP contribution in [0, 0.1) is 5.41 Å². The number of anilines is 3. The lowest BCUT2D eigenvalue weighted by molar-refractivity contribution is 0.416. The van der Waals surface area contributed by atoms with Crippen molar-refractivity contribution in [3.63, 3.8) is 0 Å². The van der Waals surface area contributed by atoms with Crippen LogP contribution in [-0.2, 0) is 0 Å². The molecule has 2 rings (SSSR count). The summed E-state index contributed by atoms with van der Waals surface area (Å²) in [5, 5.41) is 0. The second kappa shape index (κ2) is 6.43. The molecule has 1 saturated heterocycles. The molecular weight excluding hydrogens is 266 g/mol. The van der Waals surface area contributed by atoms with Crippen molar-refractivity contribution in [1.29, 1.82) is 0 Å². The van der Waals surface area contributed by atoms with Crippen LogP contribution in [0.2, 0.25) is 0 Å². The van der Waals surface area contributed by atoms with Gasteiger partial charge in [-0.15, -0.1) is 0 Å². The monoisotopic (exact) mass is 293 g/mol. The van der Waals surface area contributed by atoms with Crippen molar-refractivity contribution in [3.8, 4) is 0 Å². The molecule has 0 aliphatic carbocycles. The van der Waals surface area contributed by atoms with Gasteiger partial charge in [-0.3, -0.25) is 5.43 Å². The minimum Gasteiger partial charge on any atom is -0.343 e. The van der Waals surface area contributed by atoms with Crippen LogP contribution < -0.4 is 21.1 Å². The maximum absolute atomic E-state index is 5.50. The molecule has 0 spiro atoms. The smallest absolute Gasteiger partial charge is 0.243 e. The van der Waals surface area contributed by atoms with Gasteiger partial charge in [-0.05, 0) is 24.7 Å². The minimum absolute atomic E-state index is 0.170. The number of nitrogens with two attached hydrogens (primary N) is 1. The Morgan fingerprint density at radius 1 is 1.14 bits per heavy atom. The van der Waals surface area contributed by atoms with E-state index in [0.29, 0.717) is 17.8 Å². The number of nitrogens with zero attached hydrogens (tertiary/aromatic N) is 5. The highest BCUT2D eigenvalue weighted by Crippen LogP contribution is 2.22. The molecule has 1 fully saturated rings. The SMILES string of the molecule is CN(CC(C)(C)C)c1nc(NN)nc(N2CCCCC2)n1. The third kappa shape index (κ3) is 4.42. The molecule has 0 saturated carbocycles. The first-order valence-corrected chi connectivity index (χ1v) is 7.58. The van der Waals surface area contributed by atoms with Crippen molar-refractivity contribution >= 4 is 17.8 Å². The lowest BCUT2D eigenvalue weighted by Gasteiger charge is -2.29. The van der Waals surface area contributed by atoms with E-state index in [1.54, 1.807) is 0 Å². The number of hydrazine groups is 1. The van der Waals surface area contributed by atoms with Gasteiger partial charge in [0, 0.05) is 26.7 Å². The van der Waals surface area contributed by atoms with Crippen LogP contribution >= 0.6 is 0 Å². The Morgan fingerprint density at radius 3 is 2.38 bits per heavy atom. The summed E-state index contributed by atoms with van der Waals surface area (Å²) in [6.45, 7) is 9.43. The highest BCUT2D eigenvalue weighted by Gasteiger charge is 2.20. The maximum Gasteiger partial charge on any atom is 0.243 e. The zero-order valence-electron chi connectivity index (χ0n) is 13.6. The van der Waals surface area contributed by atoms with Gasteiger partial charge >= 0.3 is 0 Å². The van der Waals surface area contributed by atoms with Gasteiger partial charge in [0.2, 0.25) is 17.8 Å². The summed E-state index contributed by atoms with van der Waals surface area (Å²) < 4.78 is 0. The van der Waals surface area contributed by atoms with Crippen LogP contribution in [0.4, 0.5) is 17.8 Å². The van der Waals surface area contributed by atoms with Gasteiger partial charge in [0.1, 0.15) is 0 Å². The molecule has 0 aromatic carbocycles. The molecule has 7 nitrogen and oxygen atoms in total. The highest BCUT2D eigenvalue weighted by molar-refractivity contribution is 5.44. The van der Waals surface area contributed by atoms with Gasteiger partial charge in [0.05, 0.1) is 0 Å². The lowest BCUT2D eigenvalue weighted by atomic mass is 9.96. The van der Waals surface area contributed by atoms with E-state index in [4.69, 9.17) is 5.84 Å². The molecule has 0 bridgehead atoms. The molecule has 118 valence electrons. The summed E-state index contributed by atoms with van der Waals surface area (Å²) in [5.74, 6) is 7.30. The number of piperidine rings is 1. The Kier molecular flexibility index (Phi) is 4.82. The molecule has 2 heterocycles. The molecule has 0 atom stereocenters. The van der Waals surface area contributed by atoms with Gasteiger partial charge in [-0.25, -0.2) is 5.84 Å². The quantitative estimate of drug-likeness (QED) is 0.645. The summed E-state index contributed by atoms with van der Waals surface area (Å²) in [7, 11) is 2.00. The van der Waals surface area contributed by atoms with Gasteiger partial charge in [-0.2, -0.15) is 15.0 Å². The molecule has 21 heavy (non-hydrogen) atoms. The second-order valence-electron chi connectivity index (χ2n) is 6.87. The molecule has 0 unspecified atom stereocenters. The van der Waals surface area contributed by atoms with Crippen molar-refractivity contribution in [3.05, 3.63) is 0 Å². The minimum atomic E-state index is 0.170. The van der Waals surface area contributed by atoms with Crippen LogP contribution in [0.5, 0.6) is 0 Å². The van der Waals surface area contributed by atoms with Gasteiger partial charge in [0.25, 0.3) is 0 Å². The molecule has 0 amide bonds. The van der Waals surface area contributed by atoms with Gasteiger partial charge < -0.3 is 9.80 Å². The summed E-state index contributed by atoms with van der Waals surface area (Å²) in [6.07, 6.45) is 3.65. The molecule has 7 heteroatoms. The summed E-state index contributed by atoms with van der Waals surface area (Å²) >= 11 is 0. The number of hydrogen-bond acceptors (Lipinski definition) is 7. The third-order valence-corrected chi connectivity index (χ3v) is 3.43. The van der Waals surface area contributed by atoms with Crippen LogP contribution in [0.25, 0.3) is 0 Å². The van der Waals surface area contributed by atoms with Crippen LogP contribution in [0.3, 0.4) is 0 Å². The number of nitrogen functional groups attached to an aromatic ring is 1. The van der Waals surface area contributed by atoms with Gasteiger partial charge in [-0.1, -0.05) is 20.8 Å². The van der Waals surface area contributed by atoms with Crippen molar-refractivity contribution < 1.29 is 0 Å². The summed E-state index contributed by atoms with van der Waals surface area (Å²) in [4.78, 5) is 17.7. The largest absolute Gasteiger partial charge is 0.343 e. The van der Waals surface area contributed by atoms with E-state index in [9.17, 15) is 0 Å². The Hall–Kier alpha value is -1.63. The number of nitrogens with one attached hydrogen (secondary N) is 1. The standard InChI is InChI=1S/C14H27N7/c1-14(2,3)10-20(4)12-16-11(19-15)17-13(18-12)21-8-6-5-7-9-21/h5-10,15H2,1-4H3,(H,16,17,18,19). The molecule has 1 aromatic rings. The Bertz CT molecular complexity index is 463. The first kappa shape index (κ1) is 15.8. The number of rotatable bonds is 4. The Morgan fingerprint density at radius 2 is 1.81 bits per heavy atom. The van der Waals surface area contributed by atoms with E-state index in [1.807, 2.05) is 7.05 Å². The van der Waals surface area contributed by atoms with E-state index in [1.165, 1.54) is 19.3 Å². The van der Waals surface area contributed by atoms with Crippen molar-refractivity contribution in [2.24, 2.45) is 11.3 Å². The average molecular weight is 293 g/mol. The average Bonchev–Trinajstić information content (AvgIpc) is 2.46. The van der Waals surface area contributed by atoms with E-state index < -0.39 is 0 Å². The van der Waals surface area contributed by atoms with Crippen LogP contribution in [-0.4, -0.2) is 41.6 Å². The van der Waals surface area contributed by atoms with Crippen LogP contribution in [0.1, 0.15) is 40.0 Å². The van der Waals surface area contributed by atoms with Gasteiger partial charge in [0.15, 0.2) is 0 Å². The normalized spacial score (nSPS) is 16.0. The third-order valence-electron chi connectivity index (χ3n) is 3.43. The fourth-order valence-corrected chi connectivity index (χ4v) is 2.61. The predicted molar refractivity (Wildman–Crippen MR) is 86.4 cm³/mol. The zero-order chi connectivity index (χ0) is 15.5. The summed E-state index contributed by atoms with van der Waals surface area (Å²) in [5.41, 5.74) is 2.72. The molecule has 3 N–H and O–H groups in total. The van der Waals surface area contributed by atoms with Crippen molar-refractivity contribution in [1.82, 2.24) is 15.0 Å². The molecular formula is C14H27N7.